The molecule has 0 aliphatic carbocycles. The van der Waals surface area contributed by atoms with Gasteiger partial charge in [-0.1, -0.05) is 91.0 Å². The Morgan fingerprint density at radius 2 is 1.17 bits per heavy atom. The third kappa shape index (κ3) is 3.09. The SMILES string of the molecule is OCCOBc1c2ccccc2c(-c2cccc3ccccc23)c2ccccc12. The van der Waals surface area contributed by atoms with Crippen LogP contribution in [0, 0.1) is 0 Å². The molecule has 0 atom stereocenters. The molecule has 0 bridgehead atoms. The molecule has 0 aliphatic rings. The Hall–Kier alpha value is -3.14. The Bertz CT molecular complexity index is 1260. The van der Waals surface area contributed by atoms with Gasteiger partial charge in [0.25, 0.3) is 0 Å². The molecule has 29 heavy (non-hydrogen) atoms. The average Bonchev–Trinajstić information content (AvgIpc) is 2.78. The minimum atomic E-state index is 0.0317. The normalized spacial score (nSPS) is 11.3. The molecule has 0 fully saturated rings. The zero-order valence-corrected chi connectivity index (χ0v) is 16.1. The molecular formula is C26H21BO2. The summed E-state index contributed by atoms with van der Waals surface area (Å²) in [6.45, 7) is 0.373. The summed E-state index contributed by atoms with van der Waals surface area (Å²) in [6, 6.07) is 32.2. The van der Waals surface area contributed by atoms with Crippen LogP contribution in [0.4, 0.5) is 0 Å². The number of hydrogen-bond acceptors (Lipinski definition) is 2. The fraction of sp³-hybridized carbons (Fsp3) is 0.0769. The molecule has 140 valence electrons. The van der Waals surface area contributed by atoms with E-state index >= 15 is 0 Å². The van der Waals surface area contributed by atoms with E-state index < -0.39 is 0 Å². The van der Waals surface area contributed by atoms with E-state index in [1.165, 1.54) is 48.9 Å². The molecule has 0 heterocycles. The molecule has 0 radical (unpaired) electrons. The van der Waals surface area contributed by atoms with Crippen LogP contribution in [-0.2, 0) is 4.65 Å². The third-order valence-electron chi connectivity index (χ3n) is 5.58. The largest absolute Gasteiger partial charge is 0.432 e. The Morgan fingerprint density at radius 1 is 0.621 bits per heavy atom. The second kappa shape index (κ2) is 7.71. The highest BCUT2D eigenvalue weighted by Crippen LogP contribution is 2.38. The van der Waals surface area contributed by atoms with Crippen molar-refractivity contribution in [2.45, 2.75) is 0 Å². The maximum atomic E-state index is 9.14. The lowest BCUT2D eigenvalue weighted by Crippen LogP contribution is -2.21. The molecule has 3 heteroatoms. The van der Waals surface area contributed by atoms with Gasteiger partial charge in [0.2, 0.25) is 0 Å². The van der Waals surface area contributed by atoms with E-state index in [2.05, 4.69) is 91.0 Å². The molecule has 0 amide bonds. The first-order valence-electron chi connectivity index (χ1n) is 9.97. The summed E-state index contributed by atoms with van der Waals surface area (Å²) >= 11 is 0. The highest BCUT2D eigenvalue weighted by atomic mass is 16.4. The predicted molar refractivity (Wildman–Crippen MR) is 124 cm³/mol. The lowest BCUT2D eigenvalue weighted by molar-refractivity contribution is 0.209. The molecule has 0 saturated heterocycles. The highest BCUT2D eigenvalue weighted by Gasteiger charge is 2.17. The summed E-state index contributed by atoms with van der Waals surface area (Å²) < 4.78 is 5.75. The van der Waals surface area contributed by atoms with Crippen LogP contribution in [0.2, 0.25) is 0 Å². The third-order valence-corrected chi connectivity index (χ3v) is 5.58. The molecule has 0 unspecified atom stereocenters. The molecule has 0 spiro atoms. The summed E-state index contributed by atoms with van der Waals surface area (Å²) in [6.07, 6.45) is 0. The smallest absolute Gasteiger partial charge is 0.309 e. The zero-order chi connectivity index (χ0) is 19.6. The van der Waals surface area contributed by atoms with Crippen LogP contribution in [0.1, 0.15) is 0 Å². The van der Waals surface area contributed by atoms with E-state index in [1.807, 2.05) is 0 Å². The summed E-state index contributed by atoms with van der Waals surface area (Å²) in [5, 5.41) is 16.5. The highest BCUT2D eigenvalue weighted by molar-refractivity contribution is 6.57. The summed E-state index contributed by atoms with van der Waals surface area (Å²) in [7, 11) is 0.484. The fourth-order valence-corrected chi connectivity index (χ4v) is 4.35. The number of fused-ring (bicyclic) bond motifs is 3. The maximum absolute atomic E-state index is 9.14. The number of aliphatic hydroxyl groups is 1. The van der Waals surface area contributed by atoms with Gasteiger partial charge in [0.05, 0.1) is 13.2 Å². The van der Waals surface area contributed by atoms with E-state index in [9.17, 15) is 0 Å². The first-order valence-corrected chi connectivity index (χ1v) is 9.97. The zero-order valence-electron chi connectivity index (χ0n) is 16.1. The van der Waals surface area contributed by atoms with Crippen molar-refractivity contribution in [3.63, 3.8) is 0 Å². The Balaban J connectivity index is 1.90. The standard InChI is InChI=1S/C26H21BO2/c28-16-17-29-27-26-23-13-5-3-11-21(23)25(22-12-4-6-14-24(22)26)20-15-7-9-18-8-1-2-10-19(18)20/h1-15,27-28H,16-17H2. The molecule has 0 aliphatic heterocycles. The van der Waals surface area contributed by atoms with Crippen molar-refractivity contribution in [3.05, 3.63) is 91.0 Å². The molecule has 0 aromatic heterocycles. The van der Waals surface area contributed by atoms with Gasteiger partial charge in [-0.3, -0.25) is 0 Å². The van der Waals surface area contributed by atoms with E-state index in [0.717, 1.165) is 0 Å². The van der Waals surface area contributed by atoms with Gasteiger partial charge in [0.1, 0.15) is 0 Å². The molecule has 1 N–H and O–H groups in total. The van der Waals surface area contributed by atoms with Crippen LogP contribution >= 0.6 is 0 Å². The van der Waals surface area contributed by atoms with Gasteiger partial charge in [-0.15, -0.1) is 0 Å². The Labute approximate surface area is 170 Å². The van der Waals surface area contributed by atoms with Crippen LogP contribution in [-0.4, -0.2) is 25.8 Å². The quantitative estimate of drug-likeness (QED) is 0.271. The number of benzene rings is 5. The predicted octanol–water partition coefficient (Wildman–Crippen LogP) is 4.80. The minimum Gasteiger partial charge on any atom is -0.432 e. The number of rotatable bonds is 5. The molecule has 5 aromatic rings. The van der Waals surface area contributed by atoms with Gasteiger partial charge >= 0.3 is 7.48 Å². The van der Waals surface area contributed by atoms with Gasteiger partial charge in [-0.05, 0) is 48.9 Å². The second-order valence-electron chi connectivity index (χ2n) is 7.25. The summed E-state index contributed by atoms with van der Waals surface area (Å²) in [5.41, 5.74) is 3.69. The van der Waals surface area contributed by atoms with Crippen molar-refractivity contribution in [1.82, 2.24) is 0 Å². The van der Waals surface area contributed by atoms with Gasteiger partial charge in [0, 0.05) is 0 Å². The second-order valence-corrected chi connectivity index (χ2v) is 7.25. The number of aliphatic hydroxyl groups excluding tert-OH is 1. The fourth-order valence-electron chi connectivity index (χ4n) is 4.35. The van der Waals surface area contributed by atoms with Crippen LogP contribution < -0.4 is 5.46 Å². The van der Waals surface area contributed by atoms with Crippen LogP contribution in [0.3, 0.4) is 0 Å². The topological polar surface area (TPSA) is 29.5 Å². The van der Waals surface area contributed by atoms with Crippen LogP contribution in [0.25, 0.3) is 43.4 Å². The summed E-state index contributed by atoms with van der Waals surface area (Å²) in [4.78, 5) is 0. The molecule has 0 saturated carbocycles. The number of hydrogen-bond donors (Lipinski definition) is 1. The van der Waals surface area contributed by atoms with Crippen molar-refractivity contribution >= 4 is 45.3 Å². The van der Waals surface area contributed by atoms with E-state index in [0.29, 0.717) is 14.1 Å². The van der Waals surface area contributed by atoms with Crippen molar-refractivity contribution in [2.75, 3.05) is 13.2 Å². The summed E-state index contributed by atoms with van der Waals surface area (Å²) in [5.74, 6) is 0. The lowest BCUT2D eigenvalue weighted by Gasteiger charge is -2.18. The Morgan fingerprint density at radius 3 is 1.83 bits per heavy atom. The first kappa shape index (κ1) is 17.9. The van der Waals surface area contributed by atoms with Crippen molar-refractivity contribution in [3.8, 4) is 11.1 Å². The lowest BCUT2D eigenvalue weighted by atomic mass is 9.76. The average molecular weight is 376 g/mol. The molecule has 5 aromatic carbocycles. The maximum Gasteiger partial charge on any atom is 0.309 e. The van der Waals surface area contributed by atoms with Crippen LogP contribution in [0.15, 0.2) is 91.0 Å². The van der Waals surface area contributed by atoms with E-state index in [-0.39, 0.29) is 6.61 Å². The van der Waals surface area contributed by atoms with E-state index in [4.69, 9.17) is 9.76 Å². The molecule has 2 nitrogen and oxygen atoms in total. The van der Waals surface area contributed by atoms with Crippen molar-refractivity contribution in [2.24, 2.45) is 0 Å². The minimum absolute atomic E-state index is 0.0317. The van der Waals surface area contributed by atoms with Crippen molar-refractivity contribution in [1.29, 1.82) is 0 Å². The molecule has 5 rings (SSSR count). The first-order chi connectivity index (χ1) is 14.4. The van der Waals surface area contributed by atoms with E-state index in [1.54, 1.807) is 0 Å². The van der Waals surface area contributed by atoms with Gasteiger partial charge in [0.15, 0.2) is 0 Å². The Kier molecular flexibility index (Phi) is 4.77. The van der Waals surface area contributed by atoms with Gasteiger partial charge < -0.3 is 9.76 Å². The van der Waals surface area contributed by atoms with Crippen molar-refractivity contribution < 1.29 is 9.76 Å². The van der Waals surface area contributed by atoms with Crippen LogP contribution in [0.5, 0.6) is 0 Å². The molecular weight excluding hydrogens is 355 g/mol. The van der Waals surface area contributed by atoms with Gasteiger partial charge in [-0.2, -0.15) is 0 Å². The monoisotopic (exact) mass is 376 g/mol. The van der Waals surface area contributed by atoms with Gasteiger partial charge in [-0.25, -0.2) is 0 Å².